The van der Waals surface area contributed by atoms with E-state index >= 15 is 0 Å². The largest absolute Gasteiger partial charge is 0.494 e. The summed E-state index contributed by atoms with van der Waals surface area (Å²) in [6.07, 6.45) is 6.06. The molecule has 0 bridgehead atoms. The Balaban J connectivity index is 1.69. The van der Waals surface area contributed by atoms with Crippen molar-refractivity contribution >= 4 is 5.96 Å². The van der Waals surface area contributed by atoms with E-state index in [4.69, 9.17) is 4.74 Å². The second-order valence-electron chi connectivity index (χ2n) is 5.77. The van der Waals surface area contributed by atoms with Crippen molar-refractivity contribution in [2.75, 3.05) is 20.2 Å². The second kappa shape index (κ2) is 10.4. The highest BCUT2D eigenvalue weighted by atomic mass is 16.5. The van der Waals surface area contributed by atoms with Gasteiger partial charge < -0.3 is 19.9 Å². The van der Waals surface area contributed by atoms with E-state index in [9.17, 15) is 0 Å². The fourth-order valence-corrected chi connectivity index (χ4v) is 2.60. The number of aromatic nitrogens is 2. The van der Waals surface area contributed by atoms with Crippen LogP contribution < -0.4 is 15.4 Å². The molecule has 0 saturated carbocycles. The van der Waals surface area contributed by atoms with Gasteiger partial charge in [0.1, 0.15) is 11.6 Å². The summed E-state index contributed by atoms with van der Waals surface area (Å²) in [4.78, 5) is 8.52. The van der Waals surface area contributed by atoms with Crippen molar-refractivity contribution in [3.8, 4) is 5.75 Å². The van der Waals surface area contributed by atoms with Crippen molar-refractivity contribution in [1.82, 2.24) is 20.2 Å². The van der Waals surface area contributed by atoms with Crippen molar-refractivity contribution in [1.29, 1.82) is 0 Å². The third-order valence-electron chi connectivity index (χ3n) is 3.98. The summed E-state index contributed by atoms with van der Waals surface area (Å²) in [5.74, 6) is 2.80. The molecule has 1 heterocycles. The molecule has 6 nitrogen and oxygen atoms in total. The number of ether oxygens (including phenoxy) is 1. The zero-order valence-corrected chi connectivity index (χ0v) is 15.5. The maximum atomic E-state index is 5.65. The van der Waals surface area contributed by atoms with Crippen LogP contribution in [0.15, 0.2) is 41.7 Å². The van der Waals surface area contributed by atoms with Crippen LogP contribution in [0.4, 0.5) is 0 Å². The molecular formula is C19H29N5O. The zero-order chi connectivity index (χ0) is 17.9. The Kier molecular flexibility index (Phi) is 7.82. The first-order valence-corrected chi connectivity index (χ1v) is 8.87. The number of benzene rings is 1. The third kappa shape index (κ3) is 6.14. The fourth-order valence-electron chi connectivity index (χ4n) is 2.60. The Hall–Kier alpha value is -2.50. The van der Waals surface area contributed by atoms with Crippen molar-refractivity contribution in [3.63, 3.8) is 0 Å². The maximum Gasteiger partial charge on any atom is 0.191 e. The first-order chi connectivity index (χ1) is 12.2. The van der Waals surface area contributed by atoms with Gasteiger partial charge in [0.15, 0.2) is 5.96 Å². The second-order valence-corrected chi connectivity index (χ2v) is 5.77. The predicted octanol–water partition coefficient (Wildman–Crippen LogP) is 2.74. The van der Waals surface area contributed by atoms with Gasteiger partial charge in [0.25, 0.3) is 0 Å². The molecule has 0 spiro atoms. The summed E-state index contributed by atoms with van der Waals surface area (Å²) in [5.41, 5.74) is 1.13. The van der Waals surface area contributed by atoms with Crippen LogP contribution >= 0.6 is 0 Å². The summed E-state index contributed by atoms with van der Waals surface area (Å²) >= 11 is 0. The first kappa shape index (κ1) is 18.8. The lowest BCUT2D eigenvalue weighted by atomic mass is 10.2. The highest BCUT2D eigenvalue weighted by molar-refractivity contribution is 5.79. The van der Waals surface area contributed by atoms with Gasteiger partial charge in [-0.2, -0.15) is 0 Å². The normalized spacial score (nSPS) is 11.4. The number of aliphatic imine (C=N–C) groups is 1. The molecule has 6 heteroatoms. The molecule has 0 radical (unpaired) electrons. The summed E-state index contributed by atoms with van der Waals surface area (Å²) in [6.45, 7) is 7.27. The fraction of sp³-hybridized carbons (Fsp3) is 0.474. The molecule has 1 aromatic carbocycles. The average Bonchev–Trinajstić information content (AvgIpc) is 3.04. The van der Waals surface area contributed by atoms with Crippen LogP contribution in [0.5, 0.6) is 5.75 Å². The van der Waals surface area contributed by atoms with Crippen molar-refractivity contribution < 1.29 is 4.74 Å². The third-order valence-corrected chi connectivity index (χ3v) is 3.98. The van der Waals surface area contributed by atoms with E-state index < -0.39 is 0 Å². The van der Waals surface area contributed by atoms with Crippen LogP contribution in [0, 0.1) is 6.92 Å². The van der Waals surface area contributed by atoms with Gasteiger partial charge in [0.2, 0.25) is 0 Å². The number of rotatable bonds is 9. The topological polar surface area (TPSA) is 63.5 Å². The monoisotopic (exact) mass is 343 g/mol. The minimum atomic E-state index is 0.667. The van der Waals surface area contributed by atoms with Crippen LogP contribution in [0.25, 0.3) is 0 Å². The van der Waals surface area contributed by atoms with Crippen LogP contribution in [0.3, 0.4) is 0 Å². The van der Waals surface area contributed by atoms with Crippen LogP contribution in [0.1, 0.15) is 31.2 Å². The van der Waals surface area contributed by atoms with Gasteiger partial charge in [-0.25, -0.2) is 4.98 Å². The van der Waals surface area contributed by atoms with Gasteiger partial charge in [0, 0.05) is 44.6 Å². The quantitative estimate of drug-likeness (QED) is 0.417. The number of nitrogens with one attached hydrogen (secondary N) is 2. The number of hydrogen-bond acceptors (Lipinski definition) is 3. The van der Waals surface area contributed by atoms with Gasteiger partial charge in [-0.15, -0.1) is 0 Å². The molecule has 2 N–H and O–H groups in total. The lowest BCUT2D eigenvalue weighted by Gasteiger charge is -2.14. The van der Waals surface area contributed by atoms with Crippen molar-refractivity contribution in [2.24, 2.45) is 4.99 Å². The van der Waals surface area contributed by atoms with Crippen LogP contribution in [0.2, 0.25) is 0 Å². The van der Waals surface area contributed by atoms with Gasteiger partial charge in [-0.05, 0) is 32.8 Å². The molecule has 2 rings (SSSR count). The smallest absolute Gasteiger partial charge is 0.191 e. The number of hydrogen-bond donors (Lipinski definition) is 2. The molecule has 0 unspecified atom stereocenters. The van der Waals surface area contributed by atoms with Gasteiger partial charge in [-0.1, -0.05) is 18.2 Å². The maximum absolute atomic E-state index is 5.65. The Labute approximate surface area is 150 Å². The van der Waals surface area contributed by atoms with E-state index in [-0.39, 0.29) is 0 Å². The van der Waals surface area contributed by atoms with E-state index in [0.717, 1.165) is 49.0 Å². The molecule has 0 atom stereocenters. The van der Waals surface area contributed by atoms with Gasteiger partial charge in [-0.3, -0.25) is 4.99 Å². The highest BCUT2D eigenvalue weighted by Crippen LogP contribution is 2.17. The molecule has 0 amide bonds. The lowest BCUT2D eigenvalue weighted by molar-refractivity contribution is 0.336. The van der Waals surface area contributed by atoms with Crippen LogP contribution in [-0.4, -0.2) is 35.7 Å². The number of nitrogens with zero attached hydrogens (tertiary/aromatic N) is 3. The van der Waals surface area contributed by atoms with Crippen molar-refractivity contribution in [3.05, 3.63) is 48.0 Å². The summed E-state index contributed by atoms with van der Waals surface area (Å²) in [7, 11) is 1.79. The molecule has 25 heavy (non-hydrogen) atoms. The number of guanidine groups is 1. The minimum Gasteiger partial charge on any atom is -0.494 e. The summed E-state index contributed by atoms with van der Waals surface area (Å²) in [5, 5.41) is 6.70. The summed E-state index contributed by atoms with van der Waals surface area (Å²) in [6, 6.07) is 8.07. The van der Waals surface area contributed by atoms with E-state index in [1.54, 1.807) is 7.05 Å². The zero-order valence-electron chi connectivity index (χ0n) is 15.5. The number of unbranched alkanes of at least 4 members (excludes halogenated alkanes) is 1. The molecule has 0 aliphatic carbocycles. The van der Waals surface area contributed by atoms with E-state index in [1.165, 1.54) is 0 Å². The van der Waals surface area contributed by atoms with E-state index in [1.807, 2.05) is 44.4 Å². The number of imidazole rings is 1. The van der Waals surface area contributed by atoms with Gasteiger partial charge >= 0.3 is 0 Å². The SMILES string of the molecule is CCOc1ccccc1CNC(=NC)NCCCCn1ccnc1C. The minimum absolute atomic E-state index is 0.667. The van der Waals surface area contributed by atoms with Gasteiger partial charge in [0.05, 0.1) is 6.61 Å². The Morgan fingerprint density at radius 3 is 2.80 bits per heavy atom. The van der Waals surface area contributed by atoms with E-state index in [0.29, 0.717) is 13.2 Å². The number of para-hydroxylation sites is 1. The molecule has 0 saturated heterocycles. The highest BCUT2D eigenvalue weighted by Gasteiger charge is 2.04. The Morgan fingerprint density at radius 1 is 1.24 bits per heavy atom. The van der Waals surface area contributed by atoms with E-state index in [2.05, 4.69) is 31.2 Å². The average molecular weight is 343 g/mol. The molecule has 0 aliphatic heterocycles. The van der Waals surface area contributed by atoms with Crippen LogP contribution in [-0.2, 0) is 13.1 Å². The standard InChI is InChI=1S/C19H29N5O/c1-4-25-18-10-6-5-9-17(18)15-23-19(20-3)22-11-7-8-13-24-14-12-21-16(24)2/h5-6,9-10,12,14H,4,7-8,11,13,15H2,1-3H3,(H2,20,22,23). The summed E-state index contributed by atoms with van der Waals surface area (Å²) < 4.78 is 7.83. The van der Waals surface area contributed by atoms with Crippen molar-refractivity contribution in [2.45, 2.75) is 39.8 Å². The molecular weight excluding hydrogens is 314 g/mol. The molecule has 136 valence electrons. The lowest BCUT2D eigenvalue weighted by Crippen LogP contribution is -2.37. The molecule has 0 aliphatic rings. The first-order valence-electron chi connectivity index (χ1n) is 8.87. The molecule has 0 fully saturated rings. The predicted molar refractivity (Wildman–Crippen MR) is 102 cm³/mol. The number of aryl methyl sites for hydroxylation is 2. The molecule has 1 aromatic heterocycles. The molecule has 2 aromatic rings. The Morgan fingerprint density at radius 2 is 2.08 bits per heavy atom. The Bertz CT molecular complexity index is 665.